The molecule has 0 aliphatic carbocycles. The van der Waals surface area contributed by atoms with Crippen molar-refractivity contribution in [2.24, 2.45) is 0 Å². The lowest BCUT2D eigenvalue weighted by Gasteiger charge is -2.32. The Morgan fingerprint density at radius 3 is 2.33 bits per heavy atom. The predicted molar refractivity (Wildman–Crippen MR) is 69.2 cm³/mol. The molecule has 1 fully saturated rings. The van der Waals surface area contributed by atoms with E-state index in [-0.39, 0.29) is 0 Å². The van der Waals surface area contributed by atoms with E-state index >= 15 is 0 Å². The van der Waals surface area contributed by atoms with Crippen molar-refractivity contribution in [3.05, 3.63) is 33.8 Å². The molecule has 0 spiro atoms. The highest BCUT2D eigenvalue weighted by Gasteiger charge is 2.31. The third kappa shape index (κ3) is 2.78. The van der Waals surface area contributed by atoms with Crippen LogP contribution in [0.3, 0.4) is 0 Å². The zero-order chi connectivity index (χ0) is 13.1. The highest BCUT2D eigenvalue weighted by atomic mass is 35.5. The molecule has 2 rings (SSSR count). The van der Waals surface area contributed by atoms with Crippen LogP contribution in [-0.2, 0) is 9.53 Å². The van der Waals surface area contributed by atoms with Gasteiger partial charge < -0.3 is 9.84 Å². The predicted octanol–water partition coefficient (Wildman–Crippen LogP) is 2.45. The molecule has 1 aromatic rings. The van der Waals surface area contributed by atoms with Crippen molar-refractivity contribution in [2.45, 2.75) is 6.04 Å². The number of ether oxygens (including phenoxy) is 1. The second-order valence-electron chi connectivity index (χ2n) is 4.02. The van der Waals surface area contributed by atoms with E-state index in [0.29, 0.717) is 41.9 Å². The molecule has 98 valence electrons. The number of nitrogens with zero attached hydrogens (tertiary/aromatic N) is 1. The van der Waals surface area contributed by atoms with Crippen molar-refractivity contribution >= 4 is 29.2 Å². The monoisotopic (exact) mass is 289 g/mol. The van der Waals surface area contributed by atoms with Crippen LogP contribution in [0.2, 0.25) is 10.0 Å². The van der Waals surface area contributed by atoms with Gasteiger partial charge in [0.05, 0.1) is 13.2 Å². The van der Waals surface area contributed by atoms with Crippen LogP contribution in [0.15, 0.2) is 18.2 Å². The van der Waals surface area contributed by atoms with Crippen molar-refractivity contribution in [1.82, 2.24) is 4.90 Å². The zero-order valence-corrected chi connectivity index (χ0v) is 11.1. The average molecular weight is 290 g/mol. The van der Waals surface area contributed by atoms with Gasteiger partial charge in [0.15, 0.2) is 0 Å². The van der Waals surface area contributed by atoms with Crippen molar-refractivity contribution in [3.63, 3.8) is 0 Å². The van der Waals surface area contributed by atoms with E-state index in [9.17, 15) is 9.90 Å². The average Bonchev–Trinajstić information content (AvgIpc) is 2.34. The van der Waals surface area contributed by atoms with Crippen LogP contribution in [0, 0.1) is 0 Å². The Morgan fingerprint density at radius 2 is 1.83 bits per heavy atom. The van der Waals surface area contributed by atoms with Gasteiger partial charge in [0.1, 0.15) is 6.04 Å². The summed E-state index contributed by atoms with van der Waals surface area (Å²) < 4.78 is 5.23. The van der Waals surface area contributed by atoms with Gasteiger partial charge in [0.25, 0.3) is 0 Å². The van der Waals surface area contributed by atoms with Crippen LogP contribution < -0.4 is 0 Å². The number of hydrogen-bond donors (Lipinski definition) is 1. The Labute approximate surface area is 115 Å². The number of aliphatic carboxylic acids is 1. The Hall–Kier alpha value is -0.810. The second kappa shape index (κ2) is 5.89. The van der Waals surface area contributed by atoms with Gasteiger partial charge in [-0.1, -0.05) is 29.3 Å². The number of halogens is 2. The standard InChI is InChI=1S/C12H13Cl2NO3/c13-8-2-1-3-9(14)10(8)11(12(16)17)15-4-6-18-7-5-15/h1-3,11H,4-7H2,(H,16,17). The summed E-state index contributed by atoms with van der Waals surface area (Å²) in [5, 5.41) is 10.2. The fourth-order valence-electron chi connectivity index (χ4n) is 2.07. The molecule has 1 unspecified atom stereocenters. The molecule has 1 N–H and O–H groups in total. The molecule has 1 aromatic carbocycles. The second-order valence-corrected chi connectivity index (χ2v) is 4.84. The van der Waals surface area contributed by atoms with Gasteiger partial charge in [0.2, 0.25) is 0 Å². The molecule has 1 atom stereocenters. The highest BCUT2D eigenvalue weighted by molar-refractivity contribution is 6.36. The summed E-state index contributed by atoms with van der Waals surface area (Å²) in [4.78, 5) is 13.3. The largest absolute Gasteiger partial charge is 0.480 e. The molecule has 1 aliphatic heterocycles. The van der Waals surface area contributed by atoms with E-state index in [0.717, 1.165) is 0 Å². The first kappa shape index (κ1) is 13.6. The Balaban J connectivity index is 2.37. The summed E-state index contributed by atoms with van der Waals surface area (Å²) in [6.07, 6.45) is 0. The molecule has 0 amide bonds. The number of morpholine rings is 1. The van der Waals surface area contributed by atoms with E-state index in [4.69, 9.17) is 27.9 Å². The highest BCUT2D eigenvalue weighted by Crippen LogP contribution is 2.34. The minimum Gasteiger partial charge on any atom is -0.480 e. The summed E-state index contributed by atoms with van der Waals surface area (Å²) in [5.41, 5.74) is 0.454. The molecule has 0 saturated carbocycles. The summed E-state index contributed by atoms with van der Waals surface area (Å²) in [7, 11) is 0. The van der Waals surface area contributed by atoms with Gasteiger partial charge in [-0.25, -0.2) is 0 Å². The lowest BCUT2D eigenvalue weighted by molar-refractivity contribution is -0.145. The van der Waals surface area contributed by atoms with Gasteiger partial charge in [-0.15, -0.1) is 0 Å². The van der Waals surface area contributed by atoms with Crippen LogP contribution in [0.1, 0.15) is 11.6 Å². The van der Waals surface area contributed by atoms with Crippen LogP contribution in [0.5, 0.6) is 0 Å². The molecule has 1 saturated heterocycles. The minimum atomic E-state index is -0.952. The maximum absolute atomic E-state index is 11.5. The summed E-state index contributed by atoms with van der Waals surface area (Å²) in [6, 6.07) is 4.18. The molecule has 1 heterocycles. The zero-order valence-electron chi connectivity index (χ0n) is 9.60. The Morgan fingerprint density at radius 1 is 1.28 bits per heavy atom. The first-order valence-electron chi connectivity index (χ1n) is 5.60. The van der Waals surface area contributed by atoms with E-state index < -0.39 is 12.0 Å². The van der Waals surface area contributed by atoms with Gasteiger partial charge in [0, 0.05) is 28.7 Å². The van der Waals surface area contributed by atoms with E-state index in [1.165, 1.54) is 0 Å². The van der Waals surface area contributed by atoms with Gasteiger partial charge in [-0.3, -0.25) is 9.69 Å². The van der Waals surface area contributed by atoms with Gasteiger partial charge >= 0.3 is 5.97 Å². The van der Waals surface area contributed by atoms with Crippen LogP contribution >= 0.6 is 23.2 Å². The molecule has 0 radical (unpaired) electrons. The van der Waals surface area contributed by atoms with Crippen molar-refractivity contribution in [3.8, 4) is 0 Å². The third-order valence-electron chi connectivity index (χ3n) is 2.92. The fraction of sp³-hybridized carbons (Fsp3) is 0.417. The summed E-state index contributed by atoms with van der Waals surface area (Å²) in [5.74, 6) is -0.952. The number of carbonyl (C=O) groups is 1. The number of rotatable bonds is 3. The lowest BCUT2D eigenvalue weighted by atomic mass is 10.0. The molecule has 6 heteroatoms. The molecule has 18 heavy (non-hydrogen) atoms. The Kier molecular flexibility index (Phi) is 4.45. The Bertz CT molecular complexity index is 427. The first-order chi connectivity index (χ1) is 8.61. The molecular formula is C12H13Cl2NO3. The van der Waals surface area contributed by atoms with Crippen LogP contribution in [0.4, 0.5) is 0 Å². The minimum absolute atomic E-state index is 0.376. The van der Waals surface area contributed by atoms with Gasteiger partial charge in [-0.2, -0.15) is 0 Å². The van der Waals surface area contributed by atoms with E-state index in [1.807, 2.05) is 4.90 Å². The van der Waals surface area contributed by atoms with Crippen molar-refractivity contribution < 1.29 is 14.6 Å². The van der Waals surface area contributed by atoms with Crippen molar-refractivity contribution in [2.75, 3.05) is 26.3 Å². The van der Waals surface area contributed by atoms with Crippen LogP contribution in [-0.4, -0.2) is 42.3 Å². The van der Waals surface area contributed by atoms with E-state index in [2.05, 4.69) is 0 Å². The molecule has 1 aliphatic rings. The molecular weight excluding hydrogens is 277 g/mol. The van der Waals surface area contributed by atoms with E-state index in [1.54, 1.807) is 18.2 Å². The lowest BCUT2D eigenvalue weighted by Crippen LogP contribution is -2.42. The molecule has 4 nitrogen and oxygen atoms in total. The number of carboxylic acid groups (broad SMARTS) is 1. The smallest absolute Gasteiger partial charge is 0.325 e. The van der Waals surface area contributed by atoms with Crippen molar-refractivity contribution in [1.29, 1.82) is 0 Å². The number of hydrogen-bond acceptors (Lipinski definition) is 3. The normalized spacial score (nSPS) is 18.6. The SMILES string of the molecule is O=C(O)C(c1c(Cl)cccc1Cl)N1CCOCC1. The maximum atomic E-state index is 11.5. The number of carboxylic acids is 1. The summed E-state index contributed by atoms with van der Waals surface area (Å²) >= 11 is 12.2. The molecule has 0 bridgehead atoms. The third-order valence-corrected chi connectivity index (χ3v) is 3.58. The van der Waals surface area contributed by atoms with Crippen LogP contribution in [0.25, 0.3) is 0 Å². The van der Waals surface area contributed by atoms with Gasteiger partial charge in [-0.05, 0) is 12.1 Å². The first-order valence-corrected chi connectivity index (χ1v) is 6.35. The summed E-state index contributed by atoms with van der Waals surface area (Å²) in [6.45, 7) is 2.15. The molecule has 0 aromatic heterocycles. The fourth-order valence-corrected chi connectivity index (χ4v) is 2.67. The topological polar surface area (TPSA) is 49.8 Å². The number of benzene rings is 1. The maximum Gasteiger partial charge on any atom is 0.325 e. The quantitative estimate of drug-likeness (QED) is 0.929.